The third kappa shape index (κ3) is 3.26. The average molecular weight is 347 g/mol. The lowest BCUT2D eigenvalue weighted by molar-refractivity contribution is 0.0774. The molecule has 2 aromatic rings. The van der Waals surface area contributed by atoms with Gasteiger partial charge in [0.1, 0.15) is 0 Å². The van der Waals surface area contributed by atoms with Crippen LogP contribution in [0, 0.1) is 5.92 Å². The molecule has 1 amide bonds. The molecular weight excluding hydrogens is 320 g/mol. The summed E-state index contributed by atoms with van der Waals surface area (Å²) in [5.74, 6) is 0.605. The number of rotatable bonds is 5. The lowest BCUT2D eigenvalue weighted by Crippen LogP contribution is -2.36. The fourth-order valence-corrected chi connectivity index (χ4v) is 4.42. The molecule has 0 spiro atoms. The van der Waals surface area contributed by atoms with Crippen molar-refractivity contribution in [3.8, 4) is 10.6 Å². The third-order valence-corrected chi connectivity index (χ3v) is 5.78. The average Bonchev–Trinajstić information content (AvgIpc) is 3.25. The van der Waals surface area contributed by atoms with Crippen molar-refractivity contribution >= 4 is 17.2 Å². The highest BCUT2D eigenvalue weighted by atomic mass is 32.1. The van der Waals surface area contributed by atoms with E-state index in [0.717, 1.165) is 36.5 Å². The van der Waals surface area contributed by atoms with E-state index >= 15 is 0 Å². The molecule has 6 heteroatoms. The Bertz CT molecular complexity index is 692. The van der Waals surface area contributed by atoms with Gasteiger partial charge in [-0.3, -0.25) is 9.48 Å². The Morgan fingerprint density at radius 2 is 2.21 bits per heavy atom. The fourth-order valence-electron chi connectivity index (χ4n) is 3.65. The molecule has 5 nitrogen and oxygen atoms in total. The van der Waals surface area contributed by atoms with Crippen LogP contribution in [-0.2, 0) is 7.05 Å². The highest BCUT2D eigenvalue weighted by Crippen LogP contribution is 2.28. The van der Waals surface area contributed by atoms with E-state index in [1.54, 1.807) is 11.3 Å². The van der Waals surface area contributed by atoms with Gasteiger partial charge in [0.2, 0.25) is 0 Å². The number of likely N-dealkylation sites (N-methyl/N-ethyl adjacent to an activating group) is 1. The smallest absolute Gasteiger partial charge is 0.274 e. The Morgan fingerprint density at radius 1 is 1.42 bits per heavy atom. The van der Waals surface area contributed by atoms with E-state index in [0.29, 0.717) is 17.7 Å². The second-order valence-electron chi connectivity index (χ2n) is 6.81. The molecule has 24 heavy (non-hydrogen) atoms. The lowest BCUT2D eigenvalue weighted by Gasteiger charge is -2.24. The molecular formula is C18H26N4OS. The maximum absolute atomic E-state index is 12.9. The number of hydrogen-bond acceptors (Lipinski definition) is 4. The molecule has 0 aliphatic carbocycles. The number of likely N-dealkylation sites (tertiary alicyclic amines) is 1. The summed E-state index contributed by atoms with van der Waals surface area (Å²) >= 11 is 1.67. The van der Waals surface area contributed by atoms with E-state index in [2.05, 4.69) is 37.1 Å². The van der Waals surface area contributed by atoms with Gasteiger partial charge in [0.15, 0.2) is 5.69 Å². The van der Waals surface area contributed by atoms with Crippen LogP contribution in [0.1, 0.15) is 30.3 Å². The van der Waals surface area contributed by atoms with Crippen molar-refractivity contribution in [3.05, 3.63) is 29.3 Å². The predicted molar refractivity (Wildman–Crippen MR) is 98.3 cm³/mol. The molecule has 1 aliphatic heterocycles. The highest BCUT2D eigenvalue weighted by Gasteiger charge is 2.36. The molecule has 1 fully saturated rings. The van der Waals surface area contributed by atoms with Crippen LogP contribution in [0.3, 0.4) is 0 Å². The van der Waals surface area contributed by atoms with Crippen molar-refractivity contribution in [2.75, 3.05) is 27.2 Å². The van der Waals surface area contributed by atoms with Crippen molar-refractivity contribution in [3.63, 3.8) is 0 Å². The van der Waals surface area contributed by atoms with E-state index in [1.807, 2.05) is 34.1 Å². The first-order valence-corrected chi connectivity index (χ1v) is 9.42. The van der Waals surface area contributed by atoms with Gasteiger partial charge in [-0.25, -0.2) is 0 Å². The first-order chi connectivity index (χ1) is 11.5. The van der Waals surface area contributed by atoms with Gasteiger partial charge >= 0.3 is 0 Å². The summed E-state index contributed by atoms with van der Waals surface area (Å²) in [6.07, 6.45) is 2.32. The van der Waals surface area contributed by atoms with Gasteiger partial charge in [-0.1, -0.05) is 19.4 Å². The van der Waals surface area contributed by atoms with Crippen LogP contribution in [-0.4, -0.2) is 58.7 Å². The maximum atomic E-state index is 12.9. The molecule has 2 atom stereocenters. The van der Waals surface area contributed by atoms with E-state index in [9.17, 15) is 4.79 Å². The number of amides is 1. The van der Waals surface area contributed by atoms with E-state index in [1.165, 1.54) is 0 Å². The summed E-state index contributed by atoms with van der Waals surface area (Å²) < 4.78 is 1.81. The van der Waals surface area contributed by atoms with Crippen LogP contribution in [0.4, 0.5) is 0 Å². The van der Waals surface area contributed by atoms with Crippen molar-refractivity contribution in [2.24, 2.45) is 13.0 Å². The summed E-state index contributed by atoms with van der Waals surface area (Å²) in [5, 5.41) is 6.51. The second-order valence-corrected chi connectivity index (χ2v) is 7.75. The molecule has 3 rings (SSSR count). The van der Waals surface area contributed by atoms with Crippen LogP contribution in [0.15, 0.2) is 23.6 Å². The monoisotopic (exact) mass is 346 g/mol. The number of aromatic nitrogens is 2. The predicted octanol–water partition coefficient (Wildman–Crippen LogP) is 2.95. The van der Waals surface area contributed by atoms with E-state index < -0.39 is 0 Å². The SMILES string of the molecule is CCC[C@@H]1CN(C(=O)c2cc(-c3cccs3)n(C)n2)C[C@H]1N(C)C. The number of carbonyl (C=O) groups excluding carboxylic acids is 1. The minimum absolute atomic E-state index is 0.0545. The molecule has 2 aromatic heterocycles. The summed E-state index contributed by atoms with van der Waals surface area (Å²) in [7, 11) is 6.12. The number of hydrogen-bond donors (Lipinski definition) is 0. The molecule has 0 bridgehead atoms. The zero-order valence-electron chi connectivity index (χ0n) is 14.9. The fraction of sp³-hybridized carbons (Fsp3) is 0.556. The van der Waals surface area contributed by atoms with Crippen molar-refractivity contribution in [2.45, 2.75) is 25.8 Å². The summed E-state index contributed by atoms with van der Waals surface area (Å²) in [5.41, 5.74) is 1.55. The van der Waals surface area contributed by atoms with Gasteiger partial charge in [-0.15, -0.1) is 11.3 Å². The summed E-state index contributed by atoms with van der Waals surface area (Å²) in [4.78, 5) is 18.3. The van der Waals surface area contributed by atoms with Gasteiger partial charge in [0.05, 0.1) is 10.6 Å². The Hall–Kier alpha value is -1.66. The zero-order valence-corrected chi connectivity index (χ0v) is 15.7. The van der Waals surface area contributed by atoms with E-state index in [-0.39, 0.29) is 5.91 Å². The van der Waals surface area contributed by atoms with Gasteiger partial charge in [0, 0.05) is 26.2 Å². The summed E-state index contributed by atoms with van der Waals surface area (Å²) in [6, 6.07) is 6.44. The largest absolute Gasteiger partial charge is 0.335 e. The topological polar surface area (TPSA) is 41.4 Å². The molecule has 0 aromatic carbocycles. The summed E-state index contributed by atoms with van der Waals surface area (Å²) in [6.45, 7) is 3.84. The van der Waals surface area contributed by atoms with Gasteiger partial charge < -0.3 is 9.80 Å². The zero-order chi connectivity index (χ0) is 17.3. The van der Waals surface area contributed by atoms with Gasteiger partial charge in [-0.2, -0.15) is 5.10 Å². The quantitative estimate of drug-likeness (QED) is 0.836. The molecule has 0 N–H and O–H groups in total. The number of nitrogens with zero attached hydrogens (tertiary/aromatic N) is 4. The maximum Gasteiger partial charge on any atom is 0.274 e. The second kappa shape index (κ2) is 7.07. The van der Waals surface area contributed by atoms with Crippen molar-refractivity contribution in [1.82, 2.24) is 19.6 Å². The molecule has 0 saturated carbocycles. The minimum Gasteiger partial charge on any atom is -0.335 e. The number of carbonyl (C=O) groups is 1. The van der Waals surface area contributed by atoms with E-state index in [4.69, 9.17) is 0 Å². The van der Waals surface area contributed by atoms with Gasteiger partial charge in [0.25, 0.3) is 5.91 Å². The Balaban J connectivity index is 1.79. The Labute approximate surface area is 147 Å². The van der Waals surface area contributed by atoms with Crippen molar-refractivity contribution in [1.29, 1.82) is 0 Å². The first kappa shape index (κ1) is 17.2. The van der Waals surface area contributed by atoms with Crippen LogP contribution >= 0.6 is 11.3 Å². The Kier molecular flexibility index (Phi) is 5.06. The normalized spacial score (nSPS) is 21.0. The molecule has 1 saturated heterocycles. The van der Waals surface area contributed by atoms with Crippen LogP contribution in [0.5, 0.6) is 0 Å². The first-order valence-electron chi connectivity index (χ1n) is 8.54. The van der Waals surface area contributed by atoms with Crippen molar-refractivity contribution < 1.29 is 4.79 Å². The Morgan fingerprint density at radius 3 is 2.83 bits per heavy atom. The third-order valence-electron chi connectivity index (χ3n) is 4.89. The van der Waals surface area contributed by atoms with Crippen LogP contribution < -0.4 is 0 Å². The molecule has 1 aliphatic rings. The number of thiophene rings is 1. The highest BCUT2D eigenvalue weighted by molar-refractivity contribution is 7.13. The molecule has 0 unspecified atom stereocenters. The number of aryl methyl sites for hydroxylation is 1. The van der Waals surface area contributed by atoms with Gasteiger partial charge in [-0.05, 0) is 43.9 Å². The lowest BCUT2D eigenvalue weighted by atomic mass is 9.98. The van der Waals surface area contributed by atoms with Crippen LogP contribution in [0.2, 0.25) is 0 Å². The standard InChI is InChI=1S/C18H26N4OS/c1-5-7-13-11-22(12-16(13)20(2)3)18(23)14-10-15(21(4)19-14)17-8-6-9-24-17/h6,8-10,13,16H,5,7,11-12H2,1-4H3/t13-,16-/m1/s1. The van der Waals surface area contributed by atoms with Crippen LogP contribution in [0.25, 0.3) is 10.6 Å². The molecule has 3 heterocycles. The minimum atomic E-state index is 0.0545. The molecule has 0 radical (unpaired) electrons. The molecule has 130 valence electrons.